The van der Waals surface area contributed by atoms with Gasteiger partial charge in [-0.25, -0.2) is 4.39 Å². The van der Waals surface area contributed by atoms with E-state index < -0.39 is 0 Å². The van der Waals surface area contributed by atoms with Crippen LogP contribution in [0.2, 0.25) is 0 Å². The van der Waals surface area contributed by atoms with Crippen molar-refractivity contribution in [3.63, 3.8) is 0 Å². The second-order valence-electron chi connectivity index (χ2n) is 4.01. The number of nitrogens with one attached hydrogen (secondary N) is 2. The Morgan fingerprint density at radius 2 is 1.85 bits per heavy atom. The van der Waals surface area contributed by atoms with Crippen LogP contribution < -0.4 is 10.6 Å². The summed E-state index contributed by atoms with van der Waals surface area (Å²) in [5.41, 5.74) is 1.24. The minimum absolute atomic E-state index is 0.0579. The summed E-state index contributed by atoms with van der Waals surface area (Å²) in [6, 6.07) is 11.9. The number of hydrogen-bond donors (Lipinski definition) is 2. The van der Waals surface area contributed by atoms with Gasteiger partial charge in [0.1, 0.15) is 5.82 Å². The Hall–Kier alpha value is -1.40. The fourth-order valence-corrected chi connectivity index (χ4v) is 2.18. The Morgan fingerprint density at radius 3 is 2.55 bits per heavy atom. The molecule has 2 rings (SSSR count). The van der Waals surface area contributed by atoms with Crippen LogP contribution in [0.25, 0.3) is 0 Å². The van der Waals surface area contributed by atoms with E-state index in [2.05, 4.69) is 42.5 Å². The van der Waals surface area contributed by atoms with Crippen LogP contribution in [0.3, 0.4) is 0 Å². The standard InChI is InChI=1S/C14H11Br2FN2O/c15-10-6-5-9(7-12(10)17)18-8-14(20)19-13-4-2-1-3-11(13)16/h1-7,18H,8H2,(H,19,20). The lowest BCUT2D eigenvalue weighted by molar-refractivity contribution is -0.114. The van der Waals surface area contributed by atoms with E-state index in [4.69, 9.17) is 0 Å². The molecule has 104 valence electrons. The molecule has 0 heterocycles. The molecular formula is C14H11Br2FN2O. The maximum atomic E-state index is 13.3. The lowest BCUT2D eigenvalue weighted by Gasteiger charge is -2.09. The molecule has 0 bridgehead atoms. The summed E-state index contributed by atoms with van der Waals surface area (Å²) in [5.74, 6) is -0.582. The van der Waals surface area contributed by atoms with E-state index in [0.29, 0.717) is 15.8 Å². The first-order valence-electron chi connectivity index (χ1n) is 5.79. The van der Waals surface area contributed by atoms with Crippen molar-refractivity contribution in [2.45, 2.75) is 0 Å². The number of para-hydroxylation sites is 1. The molecule has 0 atom stereocenters. The van der Waals surface area contributed by atoms with Gasteiger partial charge in [0.2, 0.25) is 5.91 Å². The average Bonchev–Trinajstić information content (AvgIpc) is 2.43. The highest BCUT2D eigenvalue weighted by Crippen LogP contribution is 2.21. The van der Waals surface area contributed by atoms with E-state index in [9.17, 15) is 9.18 Å². The summed E-state index contributed by atoms with van der Waals surface area (Å²) in [6.45, 7) is 0.0579. The van der Waals surface area contributed by atoms with Gasteiger partial charge in [0.25, 0.3) is 0 Å². The summed E-state index contributed by atoms with van der Waals surface area (Å²) in [6.07, 6.45) is 0. The topological polar surface area (TPSA) is 41.1 Å². The van der Waals surface area contributed by atoms with E-state index in [-0.39, 0.29) is 18.3 Å². The number of anilines is 2. The molecule has 0 unspecified atom stereocenters. The van der Waals surface area contributed by atoms with Gasteiger partial charge in [0, 0.05) is 10.2 Å². The molecule has 2 aromatic carbocycles. The Labute approximate surface area is 132 Å². The first-order chi connectivity index (χ1) is 9.56. The van der Waals surface area contributed by atoms with Crippen LogP contribution >= 0.6 is 31.9 Å². The fraction of sp³-hybridized carbons (Fsp3) is 0.0714. The first-order valence-corrected chi connectivity index (χ1v) is 7.38. The van der Waals surface area contributed by atoms with Crippen molar-refractivity contribution < 1.29 is 9.18 Å². The van der Waals surface area contributed by atoms with Crippen molar-refractivity contribution in [3.05, 3.63) is 57.2 Å². The van der Waals surface area contributed by atoms with Crippen LogP contribution in [0.4, 0.5) is 15.8 Å². The molecule has 3 nitrogen and oxygen atoms in total. The lowest BCUT2D eigenvalue weighted by Crippen LogP contribution is -2.21. The summed E-state index contributed by atoms with van der Waals surface area (Å²) < 4.78 is 14.5. The monoisotopic (exact) mass is 400 g/mol. The Kier molecular flexibility index (Phi) is 5.14. The normalized spacial score (nSPS) is 10.2. The Balaban J connectivity index is 1.92. The van der Waals surface area contributed by atoms with Gasteiger partial charge >= 0.3 is 0 Å². The third kappa shape index (κ3) is 4.05. The number of halogens is 3. The highest BCUT2D eigenvalue weighted by atomic mass is 79.9. The zero-order chi connectivity index (χ0) is 14.5. The van der Waals surface area contributed by atoms with Gasteiger partial charge in [-0.15, -0.1) is 0 Å². The molecule has 0 aromatic heterocycles. The van der Waals surface area contributed by atoms with Crippen LogP contribution in [0, 0.1) is 5.82 Å². The fourth-order valence-electron chi connectivity index (χ4n) is 1.55. The highest BCUT2D eigenvalue weighted by Gasteiger charge is 2.06. The van der Waals surface area contributed by atoms with Crippen LogP contribution in [-0.4, -0.2) is 12.5 Å². The minimum atomic E-state index is -0.374. The summed E-state index contributed by atoms with van der Waals surface area (Å²) in [7, 11) is 0. The Morgan fingerprint density at radius 1 is 1.10 bits per heavy atom. The Bertz CT molecular complexity index is 634. The molecule has 0 spiro atoms. The predicted octanol–water partition coefficient (Wildman–Crippen LogP) is 4.40. The van der Waals surface area contributed by atoms with Gasteiger partial charge in [-0.1, -0.05) is 12.1 Å². The molecule has 2 aromatic rings. The average molecular weight is 402 g/mol. The molecule has 1 amide bonds. The van der Waals surface area contributed by atoms with Crippen molar-refractivity contribution in [2.75, 3.05) is 17.2 Å². The minimum Gasteiger partial charge on any atom is -0.376 e. The molecule has 0 saturated heterocycles. The van der Waals surface area contributed by atoms with Gasteiger partial charge in [0.15, 0.2) is 0 Å². The van der Waals surface area contributed by atoms with E-state index in [1.54, 1.807) is 18.2 Å². The van der Waals surface area contributed by atoms with E-state index in [1.807, 2.05) is 18.2 Å². The largest absolute Gasteiger partial charge is 0.376 e. The molecule has 20 heavy (non-hydrogen) atoms. The number of hydrogen-bond acceptors (Lipinski definition) is 2. The molecule has 6 heteroatoms. The van der Waals surface area contributed by atoms with Crippen LogP contribution in [0.15, 0.2) is 51.4 Å². The first kappa shape index (κ1) is 15.0. The third-order valence-electron chi connectivity index (χ3n) is 2.52. The lowest BCUT2D eigenvalue weighted by atomic mass is 10.3. The van der Waals surface area contributed by atoms with E-state index >= 15 is 0 Å². The van der Waals surface area contributed by atoms with Crippen LogP contribution in [0.1, 0.15) is 0 Å². The van der Waals surface area contributed by atoms with Gasteiger partial charge in [0.05, 0.1) is 16.7 Å². The van der Waals surface area contributed by atoms with Gasteiger partial charge in [-0.2, -0.15) is 0 Å². The molecule has 0 radical (unpaired) electrons. The molecule has 0 aliphatic rings. The van der Waals surface area contributed by atoms with Gasteiger partial charge in [-0.05, 0) is 62.2 Å². The maximum absolute atomic E-state index is 13.3. The zero-order valence-corrected chi connectivity index (χ0v) is 13.5. The predicted molar refractivity (Wildman–Crippen MR) is 85.4 cm³/mol. The summed E-state index contributed by atoms with van der Waals surface area (Å²) >= 11 is 6.42. The van der Waals surface area contributed by atoms with Gasteiger partial charge in [-0.3, -0.25) is 4.79 Å². The summed E-state index contributed by atoms with van der Waals surface area (Å²) in [4.78, 5) is 11.8. The van der Waals surface area contributed by atoms with Crippen molar-refractivity contribution in [3.8, 4) is 0 Å². The second kappa shape index (κ2) is 6.85. The third-order valence-corrected chi connectivity index (χ3v) is 3.86. The van der Waals surface area contributed by atoms with Crippen molar-refractivity contribution in [2.24, 2.45) is 0 Å². The van der Waals surface area contributed by atoms with Gasteiger partial charge < -0.3 is 10.6 Å². The van der Waals surface area contributed by atoms with Crippen molar-refractivity contribution >= 4 is 49.1 Å². The molecule has 0 saturated carbocycles. The SMILES string of the molecule is O=C(CNc1ccc(Br)c(F)c1)Nc1ccccc1Br. The van der Waals surface area contributed by atoms with Crippen LogP contribution in [0.5, 0.6) is 0 Å². The molecule has 2 N–H and O–H groups in total. The van der Waals surface area contributed by atoms with Crippen molar-refractivity contribution in [1.29, 1.82) is 0 Å². The second-order valence-corrected chi connectivity index (χ2v) is 5.72. The number of benzene rings is 2. The molecular weight excluding hydrogens is 391 g/mol. The zero-order valence-electron chi connectivity index (χ0n) is 10.3. The number of carbonyl (C=O) groups is 1. The highest BCUT2D eigenvalue weighted by molar-refractivity contribution is 9.10. The maximum Gasteiger partial charge on any atom is 0.243 e. The van der Waals surface area contributed by atoms with Crippen molar-refractivity contribution in [1.82, 2.24) is 0 Å². The number of rotatable bonds is 4. The molecule has 0 fully saturated rings. The van der Waals surface area contributed by atoms with E-state index in [0.717, 1.165) is 4.47 Å². The number of amides is 1. The van der Waals surface area contributed by atoms with Crippen LogP contribution in [-0.2, 0) is 4.79 Å². The van der Waals surface area contributed by atoms with E-state index in [1.165, 1.54) is 6.07 Å². The number of carbonyl (C=O) groups excluding carboxylic acids is 1. The molecule has 0 aliphatic carbocycles. The molecule has 0 aliphatic heterocycles. The smallest absolute Gasteiger partial charge is 0.243 e. The summed E-state index contributed by atoms with van der Waals surface area (Å²) in [5, 5.41) is 5.62. The quantitative estimate of drug-likeness (QED) is 0.797.